The van der Waals surface area contributed by atoms with Crippen molar-refractivity contribution in [3.05, 3.63) is 29.8 Å². The first-order valence-electron chi connectivity index (χ1n) is 7.11. The Morgan fingerprint density at radius 3 is 2.74 bits per heavy atom. The van der Waals surface area contributed by atoms with Crippen LogP contribution >= 0.6 is 0 Å². The maximum absolute atomic E-state index is 12.2. The van der Waals surface area contributed by atoms with E-state index in [4.69, 9.17) is 4.74 Å². The Balaban J connectivity index is 1.60. The van der Waals surface area contributed by atoms with Gasteiger partial charge in [-0.3, -0.25) is 4.79 Å². The summed E-state index contributed by atoms with van der Waals surface area (Å²) in [5.74, 6) is 3.01. The minimum absolute atomic E-state index is 0.0412. The van der Waals surface area contributed by atoms with Gasteiger partial charge in [0, 0.05) is 5.92 Å². The molecule has 0 spiro atoms. The van der Waals surface area contributed by atoms with E-state index in [1.54, 1.807) is 7.11 Å². The average molecular weight is 259 g/mol. The van der Waals surface area contributed by atoms with E-state index >= 15 is 0 Å². The Labute approximate surface area is 114 Å². The number of rotatable bonds is 4. The molecular weight excluding hydrogens is 238 g/mol. The van der Waals surface area contributed by atoms with Crippen LogP contribution in [-0.2, 0) is 4.79 Å². The lowest BCUT2D eigenvalue weighted by Crippen LogP contribution is -2.32. The normalized spacial score (nSPS) is 29.5. The lowest BCUT2D eigenvalue weighted by molar-refractivity contribution is -0.125. The molecule has 1 N–H and O–H groups in total. The van der Waals surface area contributed by atoms with E-state index in [1.165, 1.54) is 6.42 Å². The third-order valence-electron chi connectivity index (χ3n) is 4.57. The summed E-state index contributed by atoms with van der Waals surface area (Å²) in [6.07, 6.45) is 3.55. The number of carbonyl (C=O) groups excluding carboxylic acids is 1. The van der Waals surface area contributed by atoms with Crippen LogP contribution < -0.4 is 10.1 Å². The van der Waals surface area contributed by atoms with Crippen LogP contribution in [0.25, 0.3) is 0 Å². The summed E-state index contributed by atoms with van der Waals surface area (Å²) in [6, 6.07) is 7.93. The summed E-state index contributed by atoms with van der Waals surface area (Å²) in [4.78, 5) is 12.2. The van der Waals surface area contributed by atoms with Crippen LogP contribution in [0.2, 0.25) is 0 Å². The van der Waals surface area contributed by atoms with Crippen LogP contribution in [0.5, 0.6) is 5.75 Å². The van der Waals surface area contributed by atoms with Gasteiger partial charge in [0.2, 0.25) is 5.91 Å². The van der Waals surface area contributed by atoms with Crippen molar-refractivity contribution in [1.82, 2.24) is 5.32 Å². The first kappa shape index (κ1) is 12.5. The zero-order valence-corrected chi connectivity index (χ0v) is 11.6. The van der Waals surface area contributed by atoms with E-state index in [9.17, 15) is 4.79 Å². The van der Waals surface area contributed by atoms with E-state index in [1.807, 2.05) is 31.2 Å². The quantitative estimate of drug-likeness (QED) is 0.903. The zero-order chi connectivity index (χ0) is 13.4. The van der Waals surface area contributed by atoms with Crippen LogP contribution in [-0.4, -0.2) is 13.0 Å². The molecule has 1 aromatic rings. The van der Waals surface area contributed by atoms with Crippen molar-refractivity contribution in [3.8, 4) is 5.75 Å². The number of amides is 1. The molecule has 3 nitrogen and oxygen atoms in total. The summed E-state index contributed by atoms with van der Waals surface area (Å²) < 4.78 is 5.22. The molecule has 0 aliphatic heterocycles. The number of methoxy groups -OCH3 is 1. The minimum Gasteiger partial charge on any atom is -0.497 e. The molecule has 0 heterocycles. The number of hydrogen-bond donors (Lipinski definition) is 1. The SMILES string of the molecule is COc1cccc([C@@H](C)NC(=O)C2CC3CC3C2)c1. The third-order valence-corrected chi connectivity index (χ3v) is 4.57. The molecule has 3 atom stereocenters. The fourth-order valence-corrected chi connectivity index (χ4v) is 3.25. The van der Waals surface area contributed by atoms with Crippen LogP contribution in [0.4, 0.5) is 0 Å². The van der Waals surface area contributed by atoms with Crippen molar-refractivity contribution in [3.63, 3.8) is 0 Å². The number of nitrogens with one attached hydrogen (secondary N) is 1. The van der Waals surface area contributed by atoms with Gasteiger partial charge in [0.05, 0.1) is 13.2 Å². The Morgan fingerprint density at radius 2 is 2.05 bits per heavy atom. The Kier molecular flexibility index (Phi) is 3.21. The predicted octanol–water partition coefficient (Wildman–Crippen LogP) is 2.92. The molecular formula is C16H21NO2. The molecule has 2 saturated carbocycles. The highest BCUT2D eigenvalue weighted by Crippen LogP contribution is 2.54. The van der Waals surface area contributed by atoms with Crippen LogP contribution in [0.15, 0.2) is 24.3 Å². The van der Waals surface area contributed by atoms with Crippen LogP contribution in [0, 0.1) is 17.8 Å². The van der Waals surface area contributed by atoms with Gasteiger partial charge in [0.25, 0.3) is 0 Å². The van der Waals surface area contributed by atoms with Crippen LogP contribution in [0.1, 0.15) is 37.8 Å². The second-order valence-electron chi connectivity index (χ2n) is 5.93. The molecule has 102 valence electrons. The van der Waals surface area contributed by atoms with Gasteiger partial charge in [0.15, 0.2) is 0 Å². The van der Waals surface area contributed by atoms with Gasteiger partial charge in [-0.2, -0.15) is 0 Å². The first-order valence-corrected chi connectivity index (χ1v) is 7.11. The summed E-state index contributed by atoms with van der Waals surface area (Å²) >= 11 is 0. The maximum Gasteiger partial charge on any atom is 0.223 e. The summed E-state index contributed by atoms with van der Waals surface area (Å²) in [5, 5.41) is 3.14. The van der Waals surface area contributed by atoms with Gasteiger partial charge >= 0.3 is 0 Å². The molecule has 0 aromatic heterocycles. The van der Waals surface area contributed by atoms with Gasteiger partial charge < -0.3 is 10.1 Å². The highest BCUT2D eigenvalue weighted by Gasteiger charge is 2.48. The van der Waals surface area contributed by atoms with Gasteiger partial charge in [0.1, 0.15) is 5.75 Å². The molecule has 0 bridgehead atoms. The van der Waals surface area contributed by atoms with E-state index in [0.717, 1.165) is 36.0 Å². The van der Waals surface area contributed by atoms with Crippen molar-refractivity contribution >= 4 is 5.91 Å². The molecule has 19 heavy (non-hydrogen) atoms. The van der Waals surface area contributed by atoms with Gasteiger partial charge in [-0.1, -0.05) is 12.1 Å². The molecule has 2 aliphatic carbocycles. The average Bonchev–Trinajstić information content (AvgIpc) is 3.05. The smallest absolute Gasteiger partial charge is 0.223 e. The summed E-state index contributed by atoms with van der Waals surface area (Å²) in [7, 11) is 1.66. The standard InChI is InChI=1S/C16H21NO2/c1-10(11-4-3-5-15(9-11)19-2)17-16(18)14-7-12-6-13(12)8-14/h3-5,9-10,12-14H,6-8H2,1-2H3,(H,17,18)/t10-,12?,13?,14?/m1/s1. The number of fused-ring (bicyclic) bond motifs is 1. The largest absolute Gasteiger partial charge is 0.497 e. The molecule has 1 aromatic carbocycles. The van der Waals surface area contributed by atoms with Crippen molar-refractivity contribution in [2.24, 2.45) is 17.8 Å². The molecule has 2 unspecified atom stereocenters. The topological polar surface area (TPSA) is 38.3 Å². The van der Waals surface area contributed by atoms with E-state index < -0.39 is 0 Å². The summed E-state index contributed by atoms with van der Waals surface area (Å²) in [6.45, 7) is 2.03. The monoisotopic (exact) mass is 259 g/mol. The minimum atomic E-state index is 0.0412. The first-order chi connectivity index (χ1) is 9.17. The molecule has 1 amide bonds. The molecule has 3 heteroatoms. The van der Waals surface area contributed by atoms with Crippen molar-refractivity contribution in [2.45, 2.75) is 32.2 Å². The van der Waals surface area contributed by atoms with E-state index in [2.05, 4.69) is 5.32 Å². The second-order valence-corrected chi connectivity index (χ2v) is 5.93. The highest BCUT2D eigenvalue weighted by atomic mass is 16.5. The molecule has 0 radical (unpaired) electrons. The van der Waals surface area contributed by atoms with Crippen LogP contribution in [0.3, 0.4) is 0 Å². The maximum atomic E-state index is 12.2. The number of ether oxygens (including phenoxy) is 1. The zero-order valence-electron chi connectivity index (χ0n) is 11.6. The van der Waals surface area contributed by atoms with Gasteiger partial charge in [-0.05, 0) is 55.7 Å². The third kappa shape index (κ3) is 2.60. The van der Waals surface area contributed by atoms with Crippen molar-refractivity contribution < 1.29 is 9.53 Å². The molecule has 0 saturated heterocycles. The van der Waals surface area contributed by atoms with Crippen molar-refractivity contribution in [1.29, 1.82) is 0 Å². The fraction of sp³-hybridized carbons (Fsp3) is 0.562. The fourth-order valence-electron chi connectivity index (χ4n) is 3.25. The Hall–Kier alpha value is -1.51. The van der Waals surface area contributed by atoms with E-state index in [-0.39, 0.29) is 17.9 Å². The van der Waals surface area contributed by atoms with Gasteiger partial charge in [-0.25, -0.2) is 0 Å². The summed E-state index contributed by atoms with van der Waals surface area (Å²) in [5.41, 5.74) is 1.09. The Bertz CT molecular complexity index is 475. The lowest BCUT2D eigenvalue weighted by Gasteiger charge is -2.18. The molecule has 2 fully saturated rings. The Morgan fingerprint density at radius 1 is 1.32 bits per heavy atom. The molecule has 2 aliphatic rings. The molecule has 3 rings (SSSR count). The van der Waals surface area contributed by atoms with Gasteiger partial charge in [-0.15, -0.1) is 0 Å². The predicted molar refractivity (Wildman–Crippen MR) is 73.9 cm³/mol. The van der Waals surface area contributed by atoms with Crippen molar-refractivity contribution in [2.75, 3.05) is 7.11 Å². The lowest BCUT2D eigenvalue weighted by atomic mass is 10.0. The number of hydrogen-bond acceptors (Lipinski definition) is 2. The number of benzene rings is 1. The highest BCUT2D eigenvalue weighted by molar-refractivity contribution is 5.79. The van der Waals surface area contributed by atoms with E-state index in [0.29, 0.717) is 0 Å². The number of carbonyl (C=O) groups is 1. The second kappa shape index (κ2) is 4.87.